The topological polar surface area (TPSA) is 122 Å². The number of fused-ring (bicyclic) bond motifs is 1. The second-order valence-corrected chi connectivity index (χ2v) is 8.67. The second-order valence-electron chi connectivity index (χ2n) is 8.67. The lowest BCUT2D eigenvalue weighted by Gasteiger charge is -2.34. The molecule has 9 nitrogen and oxygen atoms in total. The molecule has 2 fully saturated rings. The van der Waals surface area contributed by atoms with Crippen LogP contribution in [0.3, 0.4) is 0 Å². The van der Waals surface area contributed by atoms with Crippen molar-refractivity contribution in [3.8, 4) is 6.07 Å². The number of hydrogen-bond donors (Lipinski definition) is 2. The highest BCUT2D eigenvalue weighted by Gasteiger charge is 2.49. The van der Waals surface area contributed by atoms with Gasteiger partial charge in [0.1, 0.15) is 5.92 Å². The molecular weight excluding hydrogens is 393 g/mol. The van der Waals surface area contributed by atoms with Crippen molar-refractivity contribution in [3.63, 3.8) is 0 Å². The van der Waals surface area contributed by atoms with Crippen LogP contribution in [-0.4, -0.2) is 64.3 Å². The minimum atomic E-state index is -1.53. The lowest BCUT2D eigenvalue weighted by Crippen LogP contribution is -2.58. The molecule has 162 valence electrons. The fourth-order valence-corrected chi connectivity index (χ4v) is 4.85. The molecule has 7 atom stereocenters. The molecule has 0 spiro atoms. The molecule has 0 bridgehead atoms. The average molecular weight is 421 g/mol. The van der Waals surface area contributed by atoms with Gasteiger partial charge in [-0.05, 0) is 20.3 Å². The van der Waals surface area contributed by atoms with Crippen LogP contribution in [0.5, 0.6) is 0 Å². The molecule has 0 saturated carbocycles. The summed E-state index contributed by atoms with van der Waals surface area (Å²) in [5.41, 5.74) is 0.816. The van der Waals surface area contributed by atoms with Crippen LogP contribution in [-0.2, 0) is 9.59 Å². The minimum absolute atomic E-state index is 0.0482. The molecule has 0 aromatic rings. The molecule has 2 saturated heterocycles. The number of carbonyl (C=O) groups excluding carboxylic acids is 2. The van der Waals surface area contributed by atoms with E-state index in [2.05, 4.69) is 10.6 Å². The quantitative estimate of drug-likeness (QED) is 0.657. The maximum Gasteiger partial charge on any atom is 0.251 e. The summed E-state index contributed by atoms with van der Waals surface area (Å²) in [6, 6.07) is -0.912. The van der Waals surface area contributed by atoms with E-state index in [4.69, 9.17) is 5.26 Å². The van der Waals surface area contributed by atoms with Crippen LogP contribution >= 0.6 is 0 Å². The Kier molecular flexibility index (Phi) is 6.29. The van der Waals surface area contributed by atoms with Crippen LogP contribution in [0.2, 0.25) is 0 Å². The first kappa shape index (κ1) is 22.0. The third-order valence-corrected chi connectivity index (χ3v) is 6.53. The molecule has 6 unspecified atom stereocenters. The summed E-state index contributed by atoms with van der Waals surface area (Å²) in [7, 11) is 0. The predicted octanol–water partition coefficient (Wildman–Crippen LogP) is 1.05. The summed E-state index contributed by atoms with van der Waals surface area (Å²) < 4.78 is 15.9. The molecular formula is C20H28FN5O4+2. The number of carbonyl (C=O) groups is 2. The van der Waals surface area contributed by atoms with Crippen molar-refractivity contribution in [3.05, 3.63) is 21.0 Å². The van der Waals surface area contributed by atoms with Crippen molar-refractivity contribution >= 4 is 11.8 Å². The van der Waals surface area contributed by atoms with Crippen LogP contribution in [0, 0.1) is 27.1 Å². The molecule has 3 aliphatic rings. The number of nitroso groups, excluding NO2 is 2. The predicted molar refractivity (Wildman–Crippen MR) is 104 cm³/mol. The Bertz CT molecular complexity index is 851. The van der Waals surface area contributed by atoms with Crippen LogP contribution in [0.25, 0.3) is 0 Å². The van der Waals surface area contributed by atoms with E-state index in [0.717, 1.165) is 4.76 Å². The maximum atomic E-state index is 14.4. The Morgan fingerprint density at radius 1 is 1.40 bits per heavy atom. The van der Waals surface area contributed by atoms with Gasteiger partial charge in [-0.25, -0.2) is 4.39 Å². The number of nitriles is 1. The molecule has 30 heavy (non-hydrogen) atoms. The van der Waals surface area contributed by atoms with E-state index in [1.165, 1.54) is 6.92 Å². The third-order valence-electron chi connectivity index (χ3n) is 6.53. The number of amides is 2. The summed E-state index contributed by atoms with van der Waals surface area (Å²) in [4.78, 5) is 49.8. The van der Waals surface area contributed by atoms with Crippen molar-refractivity contribution < 1.29 is 23.5 Å². The Hall–Kier alpha value is -2.70. The molecule has 0 aromatic heterocycles. The van der Waals surface area contributed by atoms with Gasteiger partial charge in [0, 0.05) is 50.2 Å². The summed E-state index contributed by atoms with van der Waals surface area (Å²) in [5, 5.41) is 14.4. The monoisotopic (exact) mass is 421 g/mol. The summed E-state index contributed by atoms with van der Waals surface area (Å²) >= 11 is 0. The summed E-state index contributed by atoms with van der Waals surface area (Å²) in [6.45, 7) is 4.97. The van der Waals surface area contributed by atoms with Crippen molar-refractivity contribution in [1.82, 2.24) is 10.6 Å². The highest BCUT2D eigenvalue weighted by atomic mass is 19.1. The largest absolute Gasteiger partial charge is 0.346 e. The lowest BCUT2D eigenvalue weighted by atomic mass is 9.83. The zero-order valence-electron chi connectivity index (χ0n) is 17.4. The Morgan fingerprint density at radius 3 is 2.73 bits per heavy atom. The minimum Gasteiger partial charge on any atom is -0.346 e. The van der Waals surface area contributed by atoms with Crippen molar-refractivity contribution in [2.75, 3.05) is 6.54 Å². The van der Waals surface area contributed by atoms with Crippen molar-refractivity contribution in [1.29, 1.82) is 5.26 Å². The molecule has 10 heteroatoms. The van der Waals surface area contributed by atoms with Crippen LogP contribution in [0.15, 0.2) is 11.1 Å². The molecule has 2 N–H and O–H groups in total. The van der Waals surface area contributed by atoms with Gasteiger partial charge in [0.25, 0.3) is 6.04 Å². The fourth-order valence-electron chi connectivity index (χ4n) is 4.85. The Morgan fingerprint density at radius 2 is 2.10 bits per heavy atom. The molecule has 3 heterocycles. The van der Waals surface area contributed by atoms with E-state index in [9.17, 15) is 23.8 Å². The molecule has 3 aliphatic heterocycles. The van der Waals surface area contributed by atoms with Gasteiger partial charge in [0.05, 0.1) is 24.6 Å². The number of halogens is 1. The molecule has 0 radical (unpaired) electrons. The highest BCUT2D eigenvalue weighted by Crippen LogP contribution is 2.30. The third kappa shape index (κ3) is 4.11. The first-order valence-electron chi connectivity index (χ1n) is 10.4. The molecule has 0 aliphatic carbocycles. The van der Waals surface area contributed by atoms with Gasteiger partial charge < -0.3 is 10.6 Å². The van der Waals surface area contributed by atoms with E-state index in [-0.39, 0.29) is 43.0 Å². The number of alkyl halides is 1. The van der Waals surface area contributed by atoms with E-state index in [0.29, 0.717) is 23.2 Å². The molecule has 2 amide bonds. The standard InChI is InChI=1S/C20H26FN5O4/c1-10-4-5-16-18(26(10)30)11(2)14(20(28)24-16)7-17(27)23-12(3)19-15(21)6-13(8-22)9-25(19)29/h10,12-13,15-16,18-19H,4-7,9H2,1-3H3/p+2/t10?,12-,13?,15?,16?,18?,19?/m0/s1. The summed E-state index contributed by atoms with van der Waals surface area (Å²) in [5.74, 6) is -1.56. The second kappa shape index (κ2) is 8.58. The van der Waals surface area contributed by atoms with Gasteiger partial charge in [-0.1, -0.05) is 0 Å². The van der Waals surface area contributed by atoms with Crippen LogP contribution in [0.1, 0.15) is 46.5 Å². The SMILES string of the molecule is CC1=C(CC(=O)N[C@@H](C)C2C(F)CC(C#N)C[N+]2=O)C(=O)NC2CCC(C)[N+](=O)C12. The van der Waals surface area contributed by atoms with Crippen LogP contribution in [0.4, 0.5) is 4.39 Å². The first-order chi connectivity index (χ1) is 14.1. The van der Waals surface area contributed by atoms with E-state index in [1.54, 1.807) is 6.92 Å². The Balaban J connectivity index is 1.69. The van der Waals surface area contributed by atoms with Gasteiger partial charge in [-0.3, -0.25) is 9.59 Å². The van der Waals surface area contributed by atoms with Gasteiger partial charge in [0.2, 0.25) is 24.4 Å². The highest BCUT2D eigenvalue weighted by molar-refractivity contribution is 6.00. The van der Waals surface area contributed by atoms with Crippen molar-refractivity contribution in [2.24, 2.45) is 5.92 Å². The normalized spacial score (nSPS) is 35.2. The van der Waals surface area contributed by atoms with E-state index in [1.807, 2.05) is 13.0 Å². The van der Waals surface area contributed by atoms with Gasteiger partial charge in [-0.2, -0.15) is 5.26 Å². The maximum absolute atomic E-state index is 14.4. The van der Waals surface area contributed by atoms with E-state index >= 15 is 0 Å². The lowest BCUT2D eigenvalue weighted by molar-refractivity contribution is -0.622. The Labute approximate surface area is 174 Å². The van der Waals surface area contributed by atoms with Crippen molar-refractivity contribution in [2.45, 2.75) is 82.8 Å². The molecule has 0 aromatic carbocycles. The zero-order chi connectivity index (χ0) is 22.2. The number of nitrogens with one attached hydrogen (secondary N) is 2. The van der Waals surface area contributed by atoms with Gasteiger partial charge in [0.15, 0.2) is 12.2 Å². The first-order valence-corrected chi connectivity index (χ1v) is 10.4. The van der Waals surface area contributed by atoms with E-state index < -0.39 is 36.1 Å². The summed E-state index contributed by atoms with van der Waals surface area (Å²) in [6.07, 6.45) is -0.444. The number of rotatable bonds is 4. The zero-order valence-corrected chi connectivity index (χ0v) is 17.4. The fraction of sp³-hybridized carbons (Fsp3) is 0.750. The number of hydrogen-bond acceptors (Lipinski definition) is 5. The number of nitrogens with zero attached hydrogens (tertiary/aromatic N) is 3. The smallest absolute Gasteiger partial charge is 0.251 e. The number of piperidine rings is 2. The average Bonchev–Trinajstić information content (AvgIpc) is 2.67. The van der Waals surface area contributed by atoms with Gasteiger partial charge in [-0.15, -0.1) is 0 Å². The van der Waals surface area contributed by atoms with Gasteiger partial charge >= 0.3 is 0 Å². The molecule has 3 rings (SSSR count). The van der Waals surface area contributed by atoms with Crippen LogP contribution < -0.4 is 10.6 Å².